The molecule has 2 aliphatic heterocycles. The van der Waals surface area contributed by atoms with Gasteiger partial charge in [0.25, 0.3) is 5.91 Å². The van der Waals surface area contributed by atoms with Gasteiger partial charge in [0.2, 0.25) is 0 Å². The highest BCUT2D eigenvalue weighted by atomic mass is 32.1. The molecule has 1 amide bonds. The summed E-state index contributed by atoms with van der Waals surface area (Å²) in [6.07, 6.45) is 1.77. The quantitative estimate of drug-likeness (QED) is 0.855. The molecule has 2 aliphatic rings. The maximum Gasteiger partial charge on any atom is 0.264 e. The fourth-order valence-corrected chi connectivity index (χ4v) is 4.39. The highest BCUT2D eigenvalue weighted by Crippen LogP contribution is 2.34. The molecule has 24 heavy (non-hydrogen) atoms. The van der Waals surface area contributed by atoms with Crippen molar-refractivity contribution in [3.8, 4) is 0 Å². The molecular formula is C18H20N2O3S. The van der Waals surface area contributed by atoms with E-state index in [9.17, 15) is 4.79 Å². The number of aryl methyl sites for hydroxylation is 1. The lowest BCUT2D eigenvalue weighted by atomic mass is 10.0. The standard InChI is InChI=1S/C18H20N2O3S/c1-12-5-7-24-17(12)18(21)20-8-16(14-10-22-11-15(14)20)23-9-13-4-2-3-6-19-13/h2-7,14-16H,8-11H2,1H3/t14-,15+,16-/m0/s1. The van der Waals surface area contributed by atoms with Crippen molar-refractivity contribution in [3.05, 3.63) is 52.0 Å². The first-order chi connectivity index (χ1) is 11.7. The van der Waals surface area contributed by atoms with Gasteiger partial charge in [-0.3, -0.25) is 9.78 Å². The number of aromatic nitrogens is 1. The van der Waals surface area contributed by atoms with Crippen LogP contribution in [0.25, 0.3) is 0 Å². The molecule has 4 rings (SSSR count). The molecule has 4 heterocycles. The second-order valence-electron chi connectivity index (χ2n) is 6.33. The van der Waals surface area contributed by atoms with E-state index in [0.29, 0.717) is 26.4 Å². The number of pyridine rings is 1. The van der Waals surface area contributed by atoms with E-state index < -0.39 is 0 Å². The zero-order valence-electron chi connectivity index (χ0n) is 13.6. The molecular weight excluding hydrogens is 324 g/mol. The van der Waals surface area contributed by atoms with E-state index in [1.165, 1.54) is 11.3 Å². The fourth-order valence-electron chi connectivity index (χ4n) is 3.51. The molecule has 3 atom stereocenters. The first-order valence-corrected chi connectivity index (χ1v) is 9.06. The van der Waals surface area contributed by atoms with Gasteiger partial charge < -0.3 is 14.4 Å². The van der Waals surface area contributed by atoms with Crippen molar-refractivity contribution in [1.82, 2.24) is 9.88 Å². The minimum Gasteiger partial charge on any atom is -0.379 e. The summed E-state index contributed by atoms with van der Waals surface area (Å²) in [6, 6.07) is 7.91. The molecule has 0 unspecified atom stereocenters. The van der Waals surface area contributed by atoms with Gasteiger partial charge in [-0.25, -0.2) is 0 Å². The van der Waals surface area contributed by atoms with Gasteiger partial charge in [0, 0.05) is 18.7 Å². The number of nitrogens with zero attached hydrogens (tertiary/aromatic N) is 2. The second-order valence-corrected chi connectivity index (χ2v) is 7.25. The summed E-state index contributed by atoms with van der Waals surface area (Å²) in [6.45, 7) is 4.34. The van der Waals surface area contributed by atoms with Crippen LogP contribution in [-0.2, 0) is 16.1 Å². The van der Waals surface area contributed by atoms with E-state index in [2.05, 4.69) is 4.98 Å². The van der Waals surface area contributed by atoms with Crippen molar-refractivity contribution in [2.24, 2.45) is 5.92 Å². The molecule has 0 N–H and O–H groups in total. The van der Waals surface area contributed by atoms with Crippen molar-refractivity contribution >= 4 is 17.2 Å². The lowest BCUT2D eigenvalue weighted by Crippen LogP contribution is -2.38. The molecule has 2 aromatic rings. The second kappa shape index (κ2) is 6.63. The number of carbonyl (C=O) groups excluding carboxylic acids is 1. The van der Waals surface area contributed by atoms with Gasteiger partial charge in [-0.15, -0.1) is 11.3 Å². The predicted molar refractivity (Wildman–Crippen MR) is 91.0 cm³/mol. The van der Waals surface area contributed by atoms with E-state index in [4.69, 9.17) is 9.47 Å². The molecule has 0 aliphatic carbocycles. The normalized spacial score (nSPS) is 25.9. The monoisotopic (exact) mass is 344 g/mol. The third kappa shape index (κ3) is 2.85. The molecule has 2 fully saturated rings. The van der Waals surface area contributed by atoms with Crippen molar-refractivity contribution in [3.63, 3.8) is 0 Å². The van der Waals surface area contributed by atoms with E-state index >= 15 is 0 Å². The number of carbonyl (C=O) groups is 1. The molecule has 126 valence electrons. The smallest absolute Gasteiger partial charge is 0.264 e. The van der Waals surface area contributed by atoms with Gasteiger partial charge in [-0.05, 0) is 36.1 Å². The molecule has 2 saturated heterocycles. The van der Waals surface area contributed by atoms with Crippen LogP contribution in [0.3, 0.4) is 0 Å². The van der Waals surface area contributed by atoms with Crippen LogP contribution in [0, 0.1) is 12.8 Å². The van der Waals surface area contributed by atoms with Crippen LogP contribution in [0.1, 0.15) is 20.9 Å². The minimum atomic E-state index is 0.00345. The Balaban J connectivity index is 1.47. The summed E-state index contributed by atoms with van der Waals surface area (Å²) >= 11 is 1.51. The van der Waals surface area contributed by atoms with E-state index in [0.717, 1.165) is 16.1 Å². The SMILES string of the molecule is Cc1ccsc1C(=O)N1C[C@H](OCc2ccccn2)[C@H]2COC[C@H]21. The first-order valence-electron chi connectivity index (χ1n) is 8.18. The molecule has 2 aromatic heterocycles. The largest absolute Gasteiger partial charge is 0.379 e. The maximum atomic E-state index is 12.9. The summed E-state index contributed by atoms with van der Waals surface area (Å²) < 4.78 is 11.7. The average Bonchev–Trinajstić information content (AvgIpc) is 3.30. The molecule has 5 nitrogen and oxygen atoms in total. The zero-order valence-corrected chi connectivity index (χ0v) is 14.4. The van der Waals surface area contributed by atoms with Crippen molar-refractivity contribution in [1.29, 1.82) is 0 Å². The van der Waals surface area contributed by atoms with Crippen LogP contribution >= 0.6 is 11.3 Å². The number of hydrogen-bond donors (Lipinski definition) is 0. The molecule has 0 saturated carbocycles. The summed E-state index contributed by atoms with van der Waals surface area (Å²) in [5.41, 5.74) is 1.95. The molecule has 6 heteroatoms. The Kier molecular flexibility index (Phi) is 4.35. The van der Waals surface area contributed by atoms with Crippen LogP contribution in [0.5, 0.6) is 0 Å². The van der Waals surface area contributed by atoms with Gasteiger partial charge in [0.1, 0.15) is 0 Å². The number of ether oxygens (including phenoxy) is 2. The lowest BCUT2D eigenvalue weighted by molar-refractivity contribution is 0.00804. The van der Waals surface area contributed by atoms with Crippen LogP contribution in [-0.4, -0.2) is 47.7 Å². The Hall–Kier alpha value is -1.76. The van der Waals surface area contributed by atoms with E-state index in [1.807, 2.05) is 41.5 Å². The van der Waals surface area contributed by atoms with Crippen LogP contribution in [0.15, 0.2) is 35.8 Å². The summed E-state index contributed by atoms with van der Waals surface area (Å²) in [5, 5.41) is 1.97. The third-order valence-corrected chi connectivity index (χ3v) is 5.84. The van der Waals surface area contributed by atoms with Crippen molar-refractivity contribution in [2.45, 2.75) is 25.7 Å². The summed E-state index contributed by atoms with van der Waals surface area (Å²) in [4.78, 5) is 20.0. The molecule has 0 radical (unpaired) electrons. The Morgan fingerprint density at radius 3 is 3.08 bits per heavy atom. The predicted octanol–water partition coefficient (Wildman–Crippen LogP) is 2.51. The van der Waals surface area contributed by atoms with Crippen LogP contribution in [0.2, 0.25) is 0 Å². The number of hydrogen-bond acceptors (Lipinski definition) is 5. The number of rotatable bonds is 4. The third-order valence-electron chi connectivity index (χ3n) is 4.84. The van der Waals surface area contributed by atoms with Gasteiger partial charge in [-0.1, -0.05) is 6.07 Å². The number of thiophene rings is 1. The van der Waals surface area contributed by atoms with Crippen molar-refractivity contribution < 1.29 is 14.3 Å². The zero-order chi connectivity index (χ0) is 16.5. The number of likely N-dealkylation sites (tertiary alicyclic amines) is 1. The highest BCUT2D eigenvalue weighted by molar-refractivity contribution is 7.12. The fraction of sp³-hybridized carbons (Fsp3) is 0.444. The van der Waals surface area contributed by atoms with Gasteiger partial charge in [0.15, 0.2) is 0 Å². The van der Waals surface area contributed by atoms with E-state index in [-0.39, 0.29) is 24.0 Å². The Bertz CT molecular complexity index is 718. The van der Waals surface area contributed by atoms with Crippen molar-refractivity contribution in [2.75, 3.05) is 19.8 Å². The lowest BCUT2D eigenvalue weighted by Gasteiger charge is -2.22. The summed E-state index contributed by atoms with van der Waals surface area (Å²) in [7, 11) is 0. The van der Waals surface area contributed by atoms with Crippen LogP contribution in [0.4, 0.5) is 0 Å². The Morgan fingerprint density at radius 1 is 1.42 bits per heavy atom. The molecule has 0 aromatic carbocycles. The number of fused-ring (bicyclic) bond motifs is 1. The summed E-state index contributed by atoms with van der Waals surface area (Å²) in [5.74, 6) is 0.352. The van der Waals surface area contributed by atoms with Gasteiger partial charge >= 0.3 is 0 Å². The Labute approximate surface area is 145 Å². The molecule has 0 bridgehead atoms. The average molecular weight is 344 g/mol. The highest BCUT2D eigenvalue weighted by Gasteiger charge is 2.48. The van der Waals surface area contributed by atoms with E-state index in [1.54, 1.807) is 6.20 Å². The molecule has 0 spiro atoms. The van der Waals surface area contributed by atoms with Gasteiger partial charge in [-0.2, -0.15) is 0 Å². The van der Waals surface area contributed by atoms with Crippen LogP contribution < -0.4 is 0 Å². The Morgan fingerprint density at radius 2 is 2.33 bits per heavy atom. The van der Waals surface area contributed by atoms with Gasteiger partial charge in [0.05, 0.1) is 42.5 Å². The number of amides is 1. The minimum absolute atomic E-state index is 0.00345. The topological polar surface area (TPSA) is 51.7 Å². The maximum absolute atomic E-state index is 12.9. The first kappa shape index (κ1) is 15.7.